The van der Waals surface area contributed by atoms with E-state index in [1.165, 1.54) is 53.0 Å². The molecule has 0 aromatic heterocycles. The van der Waals surface area contributed by atoms with Gasteiger partial charge in [0.2, 0.25) is 10.0 Å². The van der Waals surface area contributed by atoms with E-state index in [4.69, 9.17) is 11.6 Å². The first-order valence-corrected chi connectivity index (χ1v) is 11.0. The summed E-state index contributed by atoms with van der Waals surface area (Å²) in [5.41, 5.74) is 2.51. The van der Waals surface area contributed by atoms with Crippen LogP contribution in [0.15, 0.2) is 52.5 Å². The molecule has 2 aromatic carbocycles. The van der Waals surface area contributed by atoms with Crippen LogP contribution in [0.25, 0.3) is 0 Å². The molecule has 2 aromatic rings. The smallest absolute Gasteiger partial charge is 0.267 e. The molecule has 0 bridgehead atoms. The van der Waals surface area contributed by atoms with Gasteiger partial charge in [0.05, 0.1) is 16.0 Å². The zero-order valence-corrected chi connectivity index (χ0v) is 17.4. The van der Waals surface area contributed by atoms with E-state index in [0.717, 1.165) is 19.3 Å². The molecule has 1 N–H and O–H groups in total. The van der Waals surface area contributed by atoms with Gasteiger partial charge in [0.15, 0.2) is 0 Å². The van der Waals surface area contributed by atoms with E-state index < -0.39 is 20.9 Å². The van der Waals surface area contributed by atoms with Crippen molar-refractivity contribution >= 4 is 39.4 Å². The fourth-order valence-electron chi connectivity index (χ4n) is 3.03. The lowest BCUT2D eigenvalue weighted by Crippen LogP contribution is -2.35. The molecule has 0 radical (unpaired) electrons. The molecule has 0 aliphatic carbocycles. The number of nitro groups is 1. The highest BCUT2D eigenvalue weighted by Gasteiger charge is 2.26. The van der Waals surface area contributed by atoms with Gasteiger partial charge in [-0.05, 0) is 37.1 Å². The molecular formula is C19H19ClN4O5S. The number of benzene rings is 2. The van der Waals surface area contributed by atoms with Crippen molar-refractivity contribution in [2.24, 2.45) is 5.10 Å². The number of carbonyl (C=O) groups excluding carboxylic acids is 1. The van der Waals surface area contributed by atoms with Gasteiger partial charge < -0.3 is 0 Å². The lowest BCUT2D eigenvalue weighted by molar-refractivity contribution is -0.384. The summed E-state index contributed by atoms with van der Waals surface area (Å²) in [7, 11) is -3.66. The average Bonchev–Trinajstić information content (AvgIpc) is 2.75. The summed E-state index contributed by atoms with van der Waals surface area (Å²) in [6.45, 7) is 0.937. The van der Waals surface area contributed by atoms with Crippen LogP contribution in [0.5, 0.6) is 0 Å². The molecule has 0 atom stereocenters. The maximum Gasteiger partial charge on any atom is 0.288 e. The Hall–Kier alpha value is -2.82. The molecule has 1 amide bonds. The van der Waals surface area contributed by atoms with Crippen LogP contribution in [0.1, 0.15) is 35.2 Å². The zero-order chi connectivity index (χ0) is 21.7. The summed E-state index contributed by atoms with van der Waals surface area (Å²) >= 11 is 5.75. The minimum absolute atomic E-state index is 0.00656. The number of nitro benzene ring substituents is 1. The third-order valence-electron chi connectivity index (χ3n) is 4.60. The number of hydrogen-bond acceptors (Lipinski definition) is 6. The molecule has 11 heteroatoms. The number of carbonyl (C=O) groups is 1. The molecule has 3 rings (SSSR count). The number of halogens is 1. The highest BCUT2D eigenvalue weighted by molar-refractivity contribution is 7.89. The predicted octanol–water partition coefficient (Wildman–Crippen LogP) is 3.19. The quantitative estimate of drug-likeness (QED) is 0.411. The summed E-state index contributed by atoms with van der Waals surface area (Å²) in [6.07, 6.45) is 3.87. The lowest BCUT2D eigenvalue weighted by atomic mass is 10.2. The zero-order valence-electron chi connectivity index (χ0n) is 15.8. The first kappa shape index (κ1) is 21.9. The lowest BCUT2D eigenvalue weighted by Gasteiger charge is -2.25. The Morgan fingerprint density at radius 2 is 1.90 bits per heavy atom. The van der Waals surface area contributed by atoms with Crippen molar-refractivity contribution in [3.05, 3.63) is 68.7 Å². The summed E-state index contributed by atoms with van der Waals surface area (Å²) in [6, 6.07) is 9.84. The topological polar surface area (TPSA) is 122 Å². The Labute approximate surface area is 178 Å². The van der Waals surface area contributed by atoms with Crippen molar-refractivity contribution in [2.45, 2.75) is 24.2 Å². The van der Waals surface area contributed by atoms with E-state index in [2.05, 4.69) is 10.5 Å². The molecule has 158 valence electrons. The Morgan fingerprint density at radius 3 is 2.60 bits per heavy atom. The van der Waals surface area contributed by atoms with Gasteiger partial charge >= 0.3 is 0 Å². The summed E-state index contributed by atoms with van der Waals surface area (Å²) in [5, 5.41) is 14.7. The second-order valence-corrected chi connectivity index (χ2v) is 9.00. The van der Waals surface area contributed by atoms with Gasteiger partial charge in [-0.25, -0.2) is 13.8 Å². The minimum Gasteiger partial charge on any atom is -0.267 e. The van der Waals surface area contributed by atoms with Gasteiger partial charge in [0.25, 0.3) is 11.6 Å². The van der Waals surface area contributed by atoms with Crippen molar-refractivity contribution < 1.29 is 18.1 Å². The first-order chi connectivity index (χ1) is 14.3. The van der Waals surface area contributed by atoms with E-state index in [0.29, 0.717) is 18.7 Å². The number of hydrogen-bond donors (Lipinski definition) is 1. The number of piperidine rings is 1. The molecule has 30 heavy (non-hydrogen) atoms. The van der Waals surface area contributed by atoms with E-state index in [1.54, 1.807) is 0 Å². The van der Waals surface area contributed by atoms with Crippen molar-refractivity contribution in [1.82, 2.24) is 9.73 Å². The van der Waals surface area contributed by atoms with Gasteiger partial charge in [-0.2, -0.15) is 9.41 Å². The molecule has 1 saturated heterocycles. The summed E-state index contributed by atoms with van der Waals surface area (Å²) < 4.78 is 27.0. The van der Waals surface area contributed by atoms with Crippen LogP contribution in [0.4, 0.5) is 5.69 Å². The van der Waals surface area contributed by atoms with Gasteiger partial charge in [0, 0.05) is 30.3 Å². The Morgan fingerprint density at radius 1 is 1.17 bits per heavy atom. The Balaban J connectivity index is 1.72. The third kappa shape index (κ3) is 5.02. The monoisotopic (exact) mass is 450 g/mol. The van der Waals surface area contributed by atoms with Gasteiger partial charge in [0.1, 0.15) is 5.02 Å². The molecule has 9 nitrogen and oxygen atoms in total. The Kier molecular flexibility index (Phi) is 6.80. The van der Waals surface area contributed by atoms with E-state index in [1.807, 2.05) is 0 Å². The van der Waals surface area contributed by atoms with Crippen LogP contribution in [0.3, 0.4) is 0 Å². The number of amides is 1. The van der Waals surface area contributed by atoms with Crippen molar-refractivity contribution in [1.29, 1.82) is 0 Å². The molecule has 1 aliphatic rings. The predicted molar refractivity (Wildman–Crippen MR) is 112 cm³/mol. The molecule has 1 fully saturated rings. The number of rotatable bonds is 6. The fraction of sp³-hybridized carbons (Fsp3) is 0.263. The van der Waals surface area contributed by atoms with E-state index in [9.17, 15) is 23.3 Å². The molecule has 0 spiro atoms. The van der Waals surface area contributed by atoms with E-state index in [-0.39, 0.29) is 21.2 Å². The SMILES string of the molecule is O=C(NN=Cc1ccc(Cl)c([N+](=O)[O-])c1)c1cccc(S(=O)(=O)N2CCCCC2)c1. The average molecular weight is 451 g/mol. The molecule has 0 unspecified atom stereocenters. The Bertz CT molecular complexity index is 1100. The number of nitrogens with one attached hydrogen (secondary N) is 1. The number of sulfonamides is 1. The molecule has 1 aliphatic heterocycles. The van der Waals surface area contributed by atoms with Gasteiger partial charge in [-0.15, -0.1) is 0 Å². The highest BCUT2D eigenvalue weighted by Crippen LogP contribution is 2.24. The highest BCUT2D eigenvalue weighted by atomic mass is 35.5. The van der Waals surface area contributed by atoms with Crippen molar-refractivity contribution in [3.8, 4) is 0 Å². The van der Waals surface area contributed by atoms with Crippen LogP contribution in [-0.2, 0) is 10.0 Å². The van der Waals surface area contributed by atoms with Crippen molar-refractivity contribution in [3.63, 3.8) is 0 Å². The van der Waals surface area contributed by atoms with Crippen molar-refractivity contribution in [2.75, 3.05) is 13.1 Å². The normalized spacial score (nSPS) is 15.2. The van der Waals surface area contributed by atoms with Crippen LogP contribution in [-0.4, -0.2) is 42.9 Å². The van der Waals surface area contributed by atoms with Crippen LogP contribution < -0.4 is 5.43 Å². The standard InChI is InChI=1S/C19H19ClN4O5S/c20-17-8-7-14(11-18(17)24(26)27)13-21-22-19(25)15-5-4-6-16(12-15)30(28,29)23-9-2-1-3-10-23/h4-8,11-13H,1-3,9-10H2,(H,22,25). The second-order valence-electron chi connectivity index (χ2n) is 6.66. The molecule has 0 saturated carbocycles. The van der Waals surface area contributed by atoms with Crippen LogP contribution >= 0.6 is 11.6 Å². The third-order valence-corrected chi connectivity index (χ3v) is 6.81. The van der Waals surface area contributed by atoms with Gasteiger partial charge in [-0.3, -0.25) is 14.9 Å². The summed E-state index contributed by atoms with van der Waals surface area (Å²) in [5.74, 6) is -0.606. The number of nitrogens with zero attached hydrogens (tertiary/aromatic N) is 3. The van der Waals surface area contributed by atoms with E-state index >= 15 is 0 Å². The fourth-order valence-corrected chi connectivity index (χ4v) is 4.78. The van der Waals surface area contributed by atoms with Crippen LogP contribution in [0, 0.1) is 10.1 Å². The largest absolute Gasteiger partial charge is 0.288 e. The molecular weight excluding hydrogens is 432 g/mol. The maximum absolute atomic E-state index is 12.8. The minimum atomic E-state index is -3.66. The van der Waals surface area contributed by atoms with Crippen LogP contribution in [0.2, 0.25) is 5.02 Å². The number of hydrazone groups is 1. The second kappa shape index (κ2) is 9.33. The molecule has 1 heterocycles. The first-order valence-electron chi connectivity index (χ1n) is 9.16. The van der Waals surface area contributed by atoms with Gasteiger partial charge in [-0.1, -0.05) is 30.2 Å². The summed E-state index contributed by atoms with van der Waals surface area (Å²) in [4.78, 5) is 22.7. The maximum atomic E-state index is 12.8.